The predicted molar refractivity (Wildman–Crippen MR) is 61.7 cm³/mol. The van der Waals surface area contributed by atoms with Crippen LogP contribution >= 0.6 is 0 Å². The Morgan fingerprint density at radius 2 is 0.783 bits per heavy atom. The fraction of sp³-hybridized carbons (Fsp3) is 0.143. The Balaban J connectivity index is -0.000000240. The molecule has 1 aromatic rings. The highest BCUT2D eigenvalue weighted by atomic mass is 19.5. The normalized spacial score (nSPS) is 11.0. The van der Waals surface area contributed by atoms with Crippen molar-refractivity contribution in [3.8, 4) is 0 Å². The van der Waals surface area contributed by atoms with Crippen LogP contribution in [-0.2, 0) is 0 Å². The predicted octanol–water partition coefficient (Wildman–Crippen LogP) is 6.03. The topological polar surface area (TPSA) is 0 Å². The monoisotopic (exact) mass is 371 g/mol. The molecule has 0 saturated heterocycles. The van der Waals surface area contributed by atoms with Crippen LogP contribution in [0.25, 0.3) is 0 Å². The number of aryl methyl sites for hydroxylation is 1. The van der Waals surface area contributed by atoms with E-state index in [9.17, 15) is 56.2 Å². The fourth-order valence-corrected chi connectivity index (χ4v) is 0.551. The van der Waals surface area contributed by atoms with Crippen LogP contribution in [0.15, 0.2) is 24.3 Å². The Kier molecular flexibility index (Phi) is 12.7. The molecule has 0 nitrogen and oxygen atoms in total. The Labute approximate surface area is 122 Å². The minimum atomic E-state index is -6.00. The van der Waals surface area contributed by atoms with Crippen molar-refractivity contribution in [3.05, 3.63) is 35.6 Å². The van der Waals surface area contributed by atoms with Gasteiger partial charge in [-0.05, 0) is 18.6 Å². The van der Waals surface area contributed by atoms with Crippen molar-refractivity contribution in [3.63, 3.8) is 0 Å². The van der Waals surface area contributed by atoms with Crippen LogP contribution in [0, 0.1) is 12.7 Å². The number of benzene rings is 1. The Morgan fingerprint density at radius 3 is 0.913 bits per heavy atom. The molecular weight excluding hydrogens is 363 g/mol. The molecule has 23 heavy (non-hydrogen) atoms. The van der Waals surface area contributed by atoms with Gasteiger partial charge in [0.2, 0.25) is 0 Å². The summed E-state index contributed by atoms with van der Waals surface area (Å²) in [6, 6.07) is 6.70. The van der Waals surface area contributed by atoms with E-state index in [4.69, 9.17) is 0 Å². The first-order valence-electron chi connectivity index (χ1n) is 5.13. The van der Waals surface area contributed by atoms with Crippen molar-refractivity contribution in [1.29, 1.82) is 0 Å². The zero-order valence-corrected chi connectivity index (χ0v) is 11.0. The second-order valence-electron chi connectivity index (χ2n) is 3.23. The zero-order valence-electron chi connectivity index (χ0n) is 11.0. The summed E-state index contributed by atoms with van der Waals surface area (Å²) in [5, 5.41) is 0. The SMILES string of the molecule is Cc1ccccc1F.F[B-](F)(F)F.F[B-](F)(F)F.F[B-](F)(F)F. The molecule has 16 heteroatoms. The molecule has 0 spiro atoms. The molecule has 0 radical (unpaired) electrons. The fourth-order valence-electron chi connectivity index (χ4n) is 0.551. The van der Waals surface area contributed by atoms with E-state index in [1.807, 2.05) is 6.07 Å². The molecule has 0 aromatic heterocycles. The molecule has 0 aliphatic rings. The maximum absolute atomic E-state index is 12.3. The van der Waals surface area contributed by atoms with Crippen LogP contribution in [0.3, 0.4) is 0 Å². The van der Waals surface area contributed by atoms with E-state index >= 15 is 0 Å². The molecule has 0 atom stereocenters. The summed E-state index contributed by atoms with van der Waals surface area (Å²) in [5.74, 6) is -0.132. The lowest BCUT2D eigenvalue weighted by Crippen LogP contribution is -2.02. The molecule has 0 aliphatic carbocycles. The molecule has 0 unspecified atom stereocenters. The van der Waals surface area contributed by atoms with Crippen molar-refractivity contribution < 1.29 is 56.2 Å². The van der Waals surface area contributed by atoms with Crippen molar-refractivity contribution in [2.45, 2.75) is 6.92 Å². The molecule has 0 heterocycles. The maximum atomic E-state index is 12.3. The highest BCUT2D eigenvalue weighted by Crippen LogP contribution is 2.07. The molecule has 1 rings (SSSR count). The first kappa shape index (κ1) is 26.4. The first-order valence-corrected chi connectivity index (χ1v) is 5.13. The van der Waals surface area contributed by atoms with Gasteiger partial charge in [-0.25, -0.2) is 4.39 Å². The Bertz CT molecular complexity index is 342. The van der Waals surface area contributed by atoms with Crippen molar-refractivity contribution in [1.82, 2.24) is 0 Å². The number of hydrogen-bond donors (Lipinski definition) is 0. The summed E-state index contributed by atoms with van der Waals surface area (Å²) in [4.78, 5) is 0. The van der Waals surface area contributed by atoms with Gasteiger partial charge in [0.15, 0.2) is 0 Å². The van der Waals surface area contributed by atoms with Gasteiger partial charge in [-0.3, -0.25) is 0 Å². The average Bonchev–Trinajstić information content (AvgIpc) is 2.14. The number of hydrogen-bond acceptors (Lipinski definition) is 0. The molecular formula is C7H7B3F13-3. The highest BCUT2D eigenvalue weighted by molar-refractivity contribution is 6.50. The van der Waals surface area contributed by atoms with E-state index in [2.05, 4.69) is 0 Å². The quantitative estimate of drug-likeness (QED) is 0.386. The van der Waals surface area contributed by atoms with Gasteiger partial charge in [-0.15, -0.1) is 0 Å². The van der Waals surface area contributed by atoms with Gasteiger partial charge in [0.1, 0.15) is 5.82 Å². The van der Waals surface area contributed by atoms with Gasteiger partial charge in [0.25, 0.3) is 0 Å². The average molecular weight is 371 g/mol. The summed E-state index contributed by atoms with van der Waals surface area (Å²) in [6.45, 7) is 1.75. The molecule has 1 aromatic carbocycles. The number of rotatable bonds is 0. The maximum Gasteiger partial charge on any atom is 0.673 e. The summed E-state index contributed by atoms with van der Waals surface area (Å²) in [6.07, 6.45) is 0. The molecule has 0 fully saturated rings. The largest absolute Gasteiger partial charge is 0.673 e. The van der Waals surface area contributed by atoms with E-state index in [1.54, 1.807) is 19.1 Å². The summed E-state index contributed by atoms with van der Waals surface area (Å²) in [5.41, 5.74) is 0.701. The molecule has 138 valence electrons. The smallest absolute Gasteiger partial charge is 0.418 e. The van der Waals surface area contributed by atoms with E-state index in [0.29, 0.717) is 5.56 Å². The van der Waals surface area contributed by atoms with Crippen LogP contribution in [0.4, 0.5) is 56.2 Å². The van der Waals surface area contributed by atoms with Gasteiger partial charge in [-0.2, -0.15) is 0 Å². The van der Waals surface area contributed by atoms with Gasteiger partial charge < -0.3 is 51.8 Å². The van der Waals surface area contributed by atoms with Gasteiger partial charge in [-0.1, -0.05) is 18.2 Å². The lowest BCUT2D eigenvalue weighted by molar-refractivity contribution is 0.366. The summed E-state index contributed by atoms with van der Waals surface area (Å²) in [7, 11) is -18.0. The molecule has 0 amide bonds. The Hall–Kier alpha value is -1.50. The second kappa shape index (κ2) is 11.1. The minimum absolute atomic E-state index is 0.132. The first-order chi connectivity index (χ1) is 9.80. The highest BCUT2D eigenvalue weighted by Gasteiger charge is 2.21. The van der Waals surface area contributed by atoms with Gasteiger partial charge >= 0.3 is 21.8 Å². The van der Waals surface area contributed by atoms with E-state index in [1.165, 1.54) is 6.07 Å². The lowest BCUT2D eigenvalue weighted by Gasteiger charge is -1.94. The van der Waals surface area contributed by atoms with Gasteiger partial charge in [0.05, 0.1) is 0 Å². The zero-order chi connectivity index (χ0) is 19.5. The molecule has 0 saturated carbocycles. The van der Waals surface area contributed by atoms with E-state index in [-0.39, 0.29) is 5.82 Å². The van der Waals surface area contributed by atoms with E-state index < -0.39 is 21.8 Å². The molecule has 0 bridgehead atoms. The molecule has 0 N–H and O–H groups in total. The van der Waals surface area contributed by atoms with Crippen LogP contribution in [0.5, 0.6) is 0 Å². The van der Waals surface area contributed by atoms with Crippen LogP contribution < -0.4 is 0 Å². The molecule has 0 aliphatic heterocycles. The second-order valence-corrected chi connectivity index (χ2v) is 3.23. The lowest BCUT2D eigenvalue weighted by atomic mass is 10.2. The third-order valence-corrected chi connectivity index (χ3v) is 1.08. The van der Waals surface area contributed by atoms with Crippen LogP contribution in [0.1, 0.15) is 5.56 Å². The number of halogens is 13. The van der Waals surface area contributed by atoms with E-state index in [0.717, 1.165) is 0 Å². The Morgan fingerprint density at radius 1 is 0.565 bits per heavy atom. The van der Waals surface area contributed by atoms with Gasteiger partial charge in [0, 0.05) is 0 Å². The standard InChI is InChI=1S/C7H7F.3BF4/c1-6-4-2-3-5-7(6)8;3*2-1(3,4)5/h2-5H,1H3;;;/q;3*-1. The van der Waals surface area contributed by atoms with Crippen molar-refractivity contribution in [2.75, 3.05) is 0 Å². The third kappa shape index (κ3) is 77.7. The summed E-state index contributed by atoms with van der Waals surface area (Å²) < 4.78 is 129. The van der Waals surface area contributed by atoms with Crippen LogP contribution in [0.2, 0.25) is 0 Å². The third-order valence-electron chi connectivity index (χ3n) is 1.08. The van der Waals surface area contributed by atoms with Crippen molar-refractivity contribution in [2.24, 2.45) is 0 Å². The summed E-state index contributed by atoms with van der Waals surface area (Å²) >= 11 is 0. The van der Waals surface area contributed by atoms with Crippen LogP contribution in [-0.4, -0.2) is 21.8 Å². The van der Waals surface area contributed by atoms with Crippen molar-refractivity contribution >= 4 is 21.8 Å². The minimum Gasteiger partial charge on any atom is -0.418 e.